The van der Waals surface area contributed by atoms with E-state index in [0.717, 1.165) is 11.4 Å². The van der Waals surface area contributed by atoms with Crippen molar-refractivity contribution in [2.75, 3.05) is 19.1 Å². The molecule has 0 saturated carbocycles. The van der Waals surface area contributed by atoms with Crippen molar-refractivity contribution in [3.63, 3.8) is 0 Å². The number of aliphatic imine (C=N–C) groups is 1. The van der Waals surface area contributed by atoms with Crippen molar-refractivity contribution in [2.45, 2.75) is 13.0 Å². The molecular weight excluding hydrogens is 234 g/mol. The molecule has 1 heterocycles. The highest BCUT2D eigenvalue weighted by molar-refractivity contribution is 6.35. The normalized spacial score (nSPS) is 18.7. The fourth-order valence-corrected chi connectivity index (χ4v) is 1.46. The monoisotopic (exact) mass is 249 g/mol. The lowest BCUT2D eigenvalue weighted by atomic mass is 10.3. The van der Waals surface area contributed by atoms with Crippen molar-refractivity contribution in [1.29, 1.82) is 0 Å². The van der Waals surface area contributed by atoms with Crippen LogP contribution in [0.15, 0.2) is 29.3 Å². The molecule has 1 aliphatic heterocycles. The molecule has 1 aromatic carbocycles. The number of ether oxygens (including phenoxy) is 2. The number of hydrazine groups is 1. The third-order valence-electron chi connectivity index (χ3n) is 2.41. The van der Waals surface area contributed by atoms with Crippen LogP contribution in [0.25, 0.3) is 0 Å². The molecule has 0 bridgehead atoms. The smallest absolute Gasteiger partial charge is 0.375 e. The van der Waals surface area contributed by atoms with Crippen molar-refractivity contribution in [3.8, 4) is 5.75 Å². The maximum atomic E-state index is 11.4. The molecule has 1 aromatic rings. The minimum atomic E-state index is -0.450. The first-order chi connectivity index (χ1) is 8.69. The van der Waals surface area contributed by atoms with Crippen molar-refractivity contribution in [3.05, 3.63) is 24.3 Å². The van der Waals surface area contributed by atoms with Crippen LogP contribution >= 0.6 is 0 Å². The van der Waals surface area contributed by atoms with Crippen molar-refractivity contribution >= 4 is 17.5 Å². The van der Waals surface area contributed by atoms with Gasteiger partial charge < -0.3 is 9.47 Å². The molecule has 6 heteroatoms. The molecule has 0 saturated heterocycles. The summed E-state index contributed by atoms with van der Waals surface area (Å²) in [6, 6.07) is 7.25. The Bertz CT molecular complexity index is 456. The first kappa shape index (κ1) is 12.2. The highest BCUT2D eigenvalue weighted by atomic mass is 16.5. The standard InChI is InChI=1S/C12H15N3O3/c1-8-7-18-12(16)11(13-8)15-14-9-3-5-10(17-2)6-4-9/h3-6,8,14H,7H2,1-2H3,(H,13,15)/t8-/m1/s1. The van der Waals surface area contributed by atoms with E-state index in [2.05, 4.69) is 15.8 Å². The second-order valence-corrected chi connectivity index (χ2v) is 3.90. The lowest BCUT2D eigenvalue weighted by Gasteiger charge is -2.18. The molecule has 0 aromatic heterocycles. The van der Waals surface area contributed by atoms with Gasteiger partial charge in [0.2, 0.25) is 5.84 Å². The highest BCUT2D eigenvalue weighted by Crippen LogP contribution is 2.14. The number of hydrogen-bond donors (Lipinski definition) is 2. The van der Waals surface area contributed by atoms with Crippen LogP contribution in [0.4, 0.5) is 5.69 Å². The van der Waals surface area contributed by atoms with E-state index in [1.54, 1.807) is 7.11 Å². The molecule has 1 atom stereocenters. The summed E-state index contributed by atoms with van der Waals surface area (Å²) in [5.74, 6) is 0.502. The number of rotatable bonds is 3. The van der Waals surface area contributed by atoms with E-state index in [0.29, 0.717) is 6.61 Å². The molecule has 0 aliphatic carbocycles. The first-order valence-corrected chi connectivity index (χ1v) is 5.60. The Morgan fingerprint density at radius 3 is 2.72 bits per heavy atom. The molecule has 96 valence electrons. The van der Waals surface area contributed by atoms with Crippen LogP contribution in [0.2, 0.25) is 0 Å². The molecule has 0 radical (unpaired) electrons. The molecule has 1 aliphatic rings. The third-order valence-corrected chi connectivity index (χ3v) is 2.41. The Balaban J connectivity index is 1.96. The number of anilines is 1. The largest absolute Gasteiger partial charge is 0.497 e. The minimum Gasteiger partial charge on any atom is -0.497 e. The zero-order valence-corrected chi connectivity index (χ0v) is 10.3. The fourth-order valence-electron chi connectivity index (χ4n) is 1.46. The molecule has 6 nitrogen and oxygen atoms in total. The summed E-state index contributed by atoms with van der Waals surface area (Å²) in [4.78, 5) is 15.5. The van der Waals surface area contributed by atoms with E-state index >= 15 is 0 Å². The lowest BCUT2D eigenvalue weighted by molar-refractivity contribution is -0.137. The third kappa shape index (κ3) is 2.91. The maximum absolute atomic E-state index is 11.4. The van der Waals surface area contributed by atoms with Crippen molar-refractivity contribution < 1.29 is 14.3 Å². The SMILES string of the molecule is COc1ccc(NNC2=N[C@H](C)COC2=O)cc1. The number of carbonyl (C=O) groups is 1. The van der Waals surface area contributed by atoms with Crippen LogP contribution in [0.3, 0.4) is 0 Å². The zero-order chi connectivity index (χ0) is 13.0. The number of amidine groups is 1. The number of methoxy groups -OCH3 is 1. The molecular formula is C12H15N3O3. The van der Waals surface area contributed by atoms with Gasteiger partial charge in [-0.25, -0.2) is 4.79 Å². The van der Waals surface area contributed by atoms with Gasteiger partial charge in [-0.05, 0) is 31.2 Å². The molecule has 18 heavy (non-hydrogen) atoms. The molecule has 0 amide bonds. The van der Waals surface area contributed by atoms with Crippen molar-refractivity contribution in [2.24, 2.45) is 4.99 Å². The summed E-state index contributed by atoms with van der Waals surface area (Å²) in [6.07, 6.45) is 0. The fraction of sp³-hybridized carbons (Fsp3) is 0.333. The van der Waals surface area contributed by atoms with Gasteiger partial charge in [0, 0.05) is 0 Å². The van der Waals surface area contributed by atoms with Gasteiger partial charge in [0.15, 0.2) is 0 Å². The highest BCUT2D eigenvalue weighted by Gasteiger charge is 2.20. The van der Waals surface area contributed by atoms with Gasteiger partial charge in [0.1, 0.15) is 12.4 Å². The van der Waals surface area contributed by atoms with E-state index in [4.69, 9.17) is 9.47 Å². The Morgan fingerprint density at radius 2 is 2.06 bits per heavy atom. The second-order valence-electron chi connectivity index (χ2n) is 3.90. The van der Waals surface area contributed by atoms with Crippen LogP contribution < -0.4 is 15.6 Å². The number of esters is 1. The van der Waals surface area contributed by atoms with Gasteiger partial charge >= 0.3 is 5.97 Å². The summed E-state index contributed by atoms with van der Waals surface area (Å²) in [5.41, 5.74) is 6.42. The second kappa shape index (κ2) is 5.39. The first-order valence-electron chi connectivity index (χ1n) is 5.60. The quantitative estimate of drug-likeness (QED) is 0.616. The van der Waals surface area contributed by atoms with E-state index in [-0.39, 0.29) is 11.9 Å². The lowest BCUT2D eigenvalue weighted by Crippen LogP contribution is -2.41. The number of hydrogen-bond acceptors (Lipinski definition) is 6. The average Bonchev–Trinajstić information content (AvgIpc) is 2.40. The van der Waals surface area contributed by atoms with Crippen LogP contribution in [-0.4, -0.2) is 31.6 Å². The Kier molecular flexibility index (Phi) is 3.66. The minimum absolute atomic E-state index is 0.0251. The maximum Gasteiger partial charge on any atom is 0.375 e. The van der Waals surface area contributed by atoms with Gasteiger partial charge in [0.05, 0.1) is 18.8 Å². The van der Waals surface area contributed by atoms with E-state index in [9.17, 15) is 4.79 Å². The number of nitrogens with one attached hydrogen (secondary N) is 2. The Morgan fingerprint density at radius 1 is 1.33 bits per heavy atom. The van der Waals surface area contributed by atoms with Gasteiger partial charge in [-0.1, -0.05) is 0 Å². The topological polar surface area (TPSA) is 71.9 Å². The van der Waals surface area contributed by atoms with E-state index in [1.165, 1.54) is 0 Å². The predicted octanol–water partition coefficient (Wildman–Crippen LogP) is 0.955. The number of cyclic esters (lactones) is 1. The van der Waals surface area contributed by atoms with Gasteiger partial charge in [0.25, 0.3) is 0 Å². The molecule has 0 unspecified atom stereocenters. The van der Waals surface area contributed by atoms with Gasteiger partial charge in [-0.2, -0.15) is 0 Å². The molecule has 0 fully saturated rings. The van der Waals surface area contributed by atoms with Crippen LogP contribution in [0.5, 0.6) is 5.75 Å². The van der Waals surface area contributed by atoms with Crippen LogP contribution in [0, 0.1) is 0 Å². The summed E-state index contributed by atoms with van der Waals surface area (Å²) in [7, 11) is 1.61. The number of nitrogens with zero attached hydrogens (tertiary/aromatic N) is 1. The Hall–Kier alpha value is -2.24. The van der Waals surface area contributed by atoms with Crippen molar-refractivity contribution in [1.82, 2.24) is 5.43 Å². The molecule has 0 spiro atoms. The molecule has 2 rings (SSSR count). The Labute approximate surface area is 105 Å². The number of carbonyl (C=O) groups excluding carboxylic acids is 1. The van der Waals surface area contributed by atoms with Crippen LogP contribution in [-0.2, 0) is 9.53 Å². The summed E-state index contributed by atoms with van der Waals surface area (Å²) >= 11 is 0. The zero-order valence-electron chi connectivity index (χ0n) is 10.3. The summed E-state index contributed by atoms with van der Waals surface area (Å²) < 4.78 is 9.98. The summed E-state index contributed by atoms with van der Waals surface area (Å²) in [5, 5.41) is 0. The number of benzene rings is 1. The van der Waals surface area contributed by atoms with Gasteiger partial charge in [-0.15, -0.1) is 0 Å². The average molecular weight is 249 g/mol. The van der Waals surface area contributed by atoms with E-state index < -0.39 is 5.97 Å². The van der Waals surface area contributed by atoms with Gasteiger partial charge in [-0.3, -0.25) is 15.8 Å². The summed E-state index contributed by atoms with van der Waals surface area (Å²) in [6.45, 7) is 2.20. The van der Waals surface area contributed by atoms with E-state index in [1.807, 2.05) is 31.2 Å². The molecule has 2 N–H and O–H groups in total. The predicted molar refractivity (Wildman–Crippen MR) is 67.6 cm³/mol. The van der Waals surface area contributed by atoms with Crippen LogP contribution in [0.1, 0.15) is 6.92 Å².